The molecule has 0 spiro atoms. The van der Waals surface area contributed by atoms with Gasteiger partial charge in [0.2, 0.25) is 0 Å². The van der Waals surface area contributed by atoms with Crippen LogP contribution >= 0.6 is 12.6 Å². The van der Waals surface area contributed by atoms with Crippen molar-refractivity contribution in [3.8, 4) is 0 Å². The van der Waals surface area contributed by atoms with Crippen LogP contribution in [0.4, 0.5) is 5.82 Å². The smallest absolute Gasteiger partial charge is 0.283 e. The van der Waals surface area contributed by atoms with E-state index in [1.807, 2.05) is 13.0 Å². The van der Waals surface area contributed by atoms with Gasteiger partial charge in [0, 0.05) is 0 Å². The average Bonchev–Trinajstić information content (AvgIpc) is 2.64. The molecule has 0 saturated heterocycles. The molecule has 0 unspecified atom stereocenters. The first-order chi connectivity index (χ1) is 12.1. The lowest BCUT2D eigenvalue weighted by Crippen LogP contribution is -2.23. The number of nitrogens with one attached hydrogen (secondary N) is 1. The lowest BCUT2D eigenvalue weighted by Gasteiger charge is -2.14. The van der Waals surface area contributed by atoms with Crippen molar-refractivity contribution in [3.63, 3.8) is 0 Å². The molecule has 0 aromatic carbocycles. The summed E-state index contributed by atoms with van der Waals surface area (Å²) in [6.07, 6.45) is 8.11. The molecule has 1 aliphatic carbocycles. The zero-order valence-electron chi connectivity index (χ0n) is 14.5. The molecule has 0 saturated carbocycles. The number of rotatable bonds is 5. The monoisotopic (exact) mass is 358 g/mol. The van der Waals surface area contributed by atoms with Gasteiger partial charge in [0.15, 0.2) is 5.65 Å². The highest BCUT2D eigenvalue weighted by Crippen LogP contribution is 2.27. The van der Waals surface area contributed by atoms with E-state index < -0.39 is 0 Å². The van der Waals surface area contributed by atoms with Crippen LogP contribution in [0.5, 0.6) is 0 Å². The third-order valence-corrected chi connectivity index (χ3v) is 4.63. The molecule has 1 aliphatic rings. The van der Waals surface area contributed by atoms with Crippen molar-refractivity contribution < 1.29 is 4.74 Å². The summed E-state index contributed by atoms with van der Waals surface area (Å²) in [6.45, 7) is 2.40. The van der Waals surface area contributed by atoms with Crippen molar-refractivity contribution in [2.45, 2.75) is 37.6 Å². The van der Waals surface area contributed by atoms with Crippen LogP contribution < -0.4 is 10.9 Å². The van der Waals surface area contributed by atoms with E-state index >= 15 is 0 Å². The van der Waals surface area contributed by atoms with Gasteiger partial charge in [-0.25, -0.2) is 4.98 Å². The molecule has 6 nitrogen and oxygen atoms in total. The molecule has 2 aromatic rings. The third-order valence-electron chi connectivity index (χ3n) is 4.31. The summed E-state index contributed by atoms with van der Waals surface area (Å²) >= 11 is 4.44. The van der Waals surface area contributed by atoms with Crippen LogP contribution in [-0.2, 0) is 4.74 Å². The quantitative estimate of drug-likeness (QED) is 0.488. The predicted octanol–water partition coefficient (Wildman–Crippen LogP) is 3.30. The number of methoxy groups -OCH3 is 1. The second-order valence-corrected chi connectivity index (χ2v) is 6.32. The predicted molar refractivity (Wildman–Crippen MR) is 102 cm³/mol. The molecule has 0 amide bonds. The fraction of sp³-hybridized carbons (Fsp3) is 0.389. The van der Waals surface area contributed by atoms with Gasteiger partial charge < -0.3 is 10.1 Å². The van der Waals surface area contributed by atoms with Gasteiger partial charge in [-0.2, -0.15) is 4.52 Å². The molecule has 3 rings (SSSR count). The molecule has 132 valence electrons. The topological polar surface area (TPSA) is 68.5 Å². The summed E-state index contributed by atoms with van der Waals surface area (Å²) in [5, 5.41) is 8.02. The normalized spacial score (nSPS) is 15.2. The maximum Gasteiger partial charge on any atom is 0.283 e. The minimum Gasteiger partial charge on any atom is -0.500 e. The van der Waals surface area contributed by atoms with Crippen LogP contribution in [-0.4, -0.2) is 28.3 Å². The summed E-state index contributed by atoms with van der Waals surface area (Å²) in [5.74, 6) is 1.38. The van der Waals surface area contributed by atoms with E-state index in [9.17, 15) is 4.79 Å². The molecule has 25 heavy (non-hydrogen) atoms. The molecule has 0 aliphatic heterocycles. The number of thiol groups is 1. The molecular weight excluding hydrogens is 336 g/mol. The van der Waals surface area contributed by atoms with Crippen molar-refractivity contribution in [2.75, 3.05) is 19.0 Å². The van der Waals surface area contributed by atoms with E-state index in [2.05, 4.69) is 34.1 Å². The maximum absolute atomic E-state index is 13.0. The SMILES string of the molecule is C/C=C(/CNc1ccc2nc(S)c(C3=CCCCC3)c(=O)n2n1)OC. The van der Waals surface area contributed by atoms with E-state index in [0.717, 1.165) is 37.0 Å². The van der Waals surface area contributed by atoms with Gasteiger partial charge in [0.25, 0.3) is 5.56 Å². The lowest BCUT2D eigenvalue weighted by atomic mass is 9.95. The zero-order chi connectivity index (χ0) is 17.8. The Kier molecular flexibility index (Phi) is 5.43. The molecule has 7 heteroatoms. The molecule has 2 heterocycles. The fourth-order valence-electron chi connectivity index (χ4n) is 2.93. The van der Waals surface area contributed by atoms with Gasteiger partial charge in [0.05, 0.1) is 19.2 Å². The number of ether oxygens (including phenoxy) is 1. The highest BCUT2D eigenvalue weighted by atomic mass is 32.1. The molecule has 1 N–H and O–H groups in total. The largest absolute Gasteiger partial charge is 0.500 e. The average molecular weight is 358 g/mol. The number of aromatic nitrogens is 3. The van der Waals surface area contributed by atoms with E-state index in [-0.39, 0.29) is 5.56 Å². The standard InChI is InChI=1S/C18H22N4O2S/c1-3-13(24-2)11-19-14-9-10-15-20-17(25)16(18(23)22(15)21-14)12-7-5-4-6-8-12/h3,7,9-10,25H,4-6,8,11H2,1-2H3,(H,19,21)/b13-3-. The van der Waals surface area contributed by atoms with E-state index in [0.29, 0.717) is 28.6 Å². The summed E-state index contributed by atoms with van der Waals surface area (Å²) < 4.78 is 6.56. The van der Waals surface area contributed by atoms with Crippen LogP contribution in [0.1, 0.15) is 38.2 Å². The summed E-state index contributed by atoms with van der Waals surface area (Å²) in [4.78, 5) is 17.4. The van der Waals surface area contributed by atoms with Crippen molar-refractivity contribution in [1.29, 1.82) is 0 Å². The van der Waals surface area contributed by atoms with Crippen molar-refractivity contribution in [3.05, 3.63) is 46.0 Å². The number of anilines is 1. The Morgan fingerprint density at radius 1 is 1.44 bits per heavy atom. The van der Waals surface area contributed by atoms with Gasteiger partial charge in [-0.1, -0.05) is 6.08 Å². The Balaban J connectivity index is 2.00. The second kappa shape index (κ2) is 7.74. The van der Waals surface area contributed by atoms with Crippen molar-refractivity contribution in [2.24, 2.45) is 0 Å². The van der Waals surface area contributed by atoms with Gasteiger partial charge >= 0.3 is 0 Å². The van der Waals surface area contributed by atoms with Gasteiger partial charge in [-0.15, -0.1) is 17.7 Å². The van der Waals surface area contributed by atoms with Crippen LogP contribution in [0.3, 0.4) is 0 Å². The van der Waals surface area contributed by atoms with Crippen LogP contribution in [0.25, 0.3) is 11.2 Å². The highest BCUT2D eigenvalue weighted by molar-refractivity contribution is 7.80. The Morgan fingerprint density at radius 3 is 2.96 bits per heavy atom. The van der Waals surface area contributed by atoms with Crippen molar-refractivity contribution in [1.82, 2.24) is 14.6 Å². The van der Waals surface area contributed by atoms with Crippen molar-refractivity contribution >= 4 is 29.7 Å². The first-order valence-corrected chi connectivity index (χ1v) is 8.84. The number of hydrogen-bond donors (Lipinski definition) is 2. The minimum absolute atomic E-state index is 0.176. The molecule has 0 bridgehead atoms. The molecular formula is C18H22N4O2S. The second-order valence-electron chi connectivity index (χ2n) is 5.89. The zero-order valence-corrected chi connectivity index (χ0v) is 15.3. The summed E-state index contributed by atoms with van der Waals surface area (Å²) in [5.41, 5.74) is 1.90. The molecule has 0 radical (unpaired) electrons. The number of fused-ring (bicyclic) bond motifs is 1. The number of hydrogen-bond acceptors (Lipinski definition) is 6. The Labute approximate surface area is 152 Å². The maximum atomic E-state index is 13.0. The van der Waals surface area contributed by atoms with Gasteiger partial charge in [-0.05, 0) is 56.4 Å². The first kappa shape index (κ1) is 17.5. The van der Waals surface area contributed by atoms with Gasteiger partial charge in [0.1, 0.15) is 16.6 Å². The summed E-state index contributed by atoms with van der Waals surface area (Å²) in [6, 6.07) is 3.55. The number of allylic oxidation sites excluding steroid dienone is 3. The molecule has 0 atom stereocenters. The minimum atomic E-state index is -0.176. The van der Waals surface area contributed by atoms with Crippen LogP contribution in [0.15, 0.2) is 39.9 Å². The Bertz CT molecular complexity index is 902. The molecule has 0 fully saturated rings. The molecule has 2 aromatic heterocycles. The van der Waals surface area contributed by atoms with Gasteiger partial charge in [-0.3, -0.25) is 4.79 Å². The number of nitrogens with zero attached hydrogens (tertiary/aromatic N) is 3. The van der Waals surface area contributed by atoms with E-state index in [1.165, 1.54) is 4.52 Å². The fourth-order valence-corrected chi connectivity index (χ4v) is 3.27. The third kappa shape index (κ3) is 3.71. The Morgan fingerprint density at radius 2 is 2.28 bits per heavy atom. The van der Waals surface area contributed by atoms with E-state index in [4.69, 9.17) is 4.74 Å². The summed E-state index contributed by atoms with van der Waals surface area (Å²) in [7, 11) is 1.62. The van der Waals surface area contributed by atoms with Crippen LogP contribution in [0, 0.1) is 0 Å². The Hall–Kier alpha value is -2.28. The first-order valence-electron chi connectivity index (χ1n) is 8.39. The van der Waals surface area contributed by atoms with Crippen LogP contribution in [0.2, 0.25) is 0 Å². The van der Waals surface area contributed by atoms with E-state index in [1.54, 1.807) is 19.2 Å². The highest BCUT2D eigenvalue weighted by Gasteiger charge is 2.17. The lowest BCUT2D eigenvalue weighted by molar-refractivity contribution is 0.289.